The van der Waals surface area contributed by atoms with Crippen LogP contribution in [-0.2, 0) is 0 Å². The van der Waals surface area contributed by atoms with Gasteiger partial charge in [0.1, 0.15) is 0 Å². The van der Waals surface area contributed by atoms with Gasteiger partial charge in [0.05, 0.1) is 17.6 Å². The smallest absolute Gasteiger partial charge is 0.154 e. The molecule has 0 bridgehead atoms. The number of benzene rings is 2. The van der Waals surface area contributed by atoms with Crippen LogP contribution in [-0.4, -0.2) is 15.0 Å². The van der Waals surface area contributed by atoms with Crippen LogP contribution in [0.2, 0.25) is 0 Å². The Kier molecular flexibility index (Phi) is 2.89. The van der Waals surface area contributed by atoms with Gasteiger partial charge >= 0.3 is 0 Å². The van der Waals surface area contributed by atoms with Gasteiger partial charge in [0, 0.05) is 16.2 Å². The SMILES string of the molecule is Brc1ccc2cc(-c3cnc(-c4ccc[nH]4)[nH]3)ccc2c1. The lowest BCUT2D eigenvalue weighted by Gasteiger charge is -2.02. The van der Waals surface area contributed by atoms with Crippen molar-refractivity contribution in [3.8, 4) is 22.8 Å². The molecule has 0 fully saturated rings. The number of hydrogen-bond donors (Lipinski definition) is 2. The molecule has 0 radical (unpaired) electrons. The van der Waals surface area contributed by atoms with E-state index in [-0.39, 0.29) is 0 Å². The maximum absolute atomic E-state index is 4.43. The Labute approximate surface area is 130 Å². The van der Waals surface area contributed by atoms with Gasteiger partial charge in [-0.1, -0.05) is 34.1 Å². The summed E-state index contributed by atoms with van der Waals surface area (Å²) in [4.78, 5) is 10.9. The summed E-state index contributed by atoms with van der Waals surface area (Å²) in [6, 6.07) is 16.7. The standard InChI is InChI=1S/C17H12BrN3/c18-14-6-5-11-8-13(4-3-12(11)9-14)16-10-20-17(21-16)15-2-1-7-19-15/h1-10,19H,(H,20,21). The normalized spacial score (nSPS) is 11.1. The van der Waals surface area contributed by atoms with Gasteiger partial charge in [0.2, 0.25) is 0 Å². The van der Waals surface area contributed by atoms with Gasteiger partial charge in [-0.15, -0.1) is 0 Å². The van der Waals surface area contributed by atoms with E-state index in [9.17, 15) is 0 Å². The van der Waals surface area contributed by atoms with Gasteiger partial charge in [-0.2, -0.15) is 0 Å². The Morgan fingerprint density at radius 2 is 1.76 bits per heavy atom. The molecular formula is C17H12BrN3. The maximum Gasteiger partial charge on any atom is 0.154 e. The highest BCUT2D eigenvalue weighted by Crippen LogP contribution is 2.26. The number of nitrogens with zero attached hydrogens (tertiary/aromatic N) is 1. The minimum absolute atomic E-state index is 0.853. The van der Waals surface area contributed by atoms with Gasteiger partial charge in [-0.3, -0.25) is 0 Å². The predicted molar refractivity (Wildman–Crippen MR) is 89.0 cm³/mol. The zero-order chi connectivity index (χ0) is 14.2. The van der Waals surface area contributed by atoms with Crippen molar-refractivity contribution in [2.24, 2.45) is 0 Å². The first kappa shape index (κ1) is 12.4. The molecule has 2 N–H and O–H groups in total. The largest absolute Gasteiger partial charge is 0.359 e. The van der Waals surface area contributed by atoms with Gasteiger partial charge in [0.25, 0.3) is 0 Å². The predicted octanol–water partition coefficient (Wildman–Crippen LogP) is 4.99. The average Bonchev–Trinajstić information content (AvgIpc) is 3.17. The molecule has 0 atom stereocenters. The molecular weight excluding hydrogens is 326 g/mol. The monoisotopic (exact) mass is 337 g/mol. The van der Waals surface area contributed by atoms with Crippen LogP contribution in [0.25, 0.3) is 33.5 Å². The molecule has 0 aliphatic heterocycles. The van der Waals surface area contributed by atoms with Crippen LogP contribution >= 0.6 is 15.9 Å². The van der Waals surface area contributed by atoms with Crippen molar-refractivity contribution in [3.05, 3.63) is 65.4 Å². The van der Waals surface area contributed by atoms with E-state index >= 15 is 0 Å². The average molecular weight is 338 g/mol. The Hall–Kier alpha value is -2.33. The molecule has 0 aliphatic carbocycles. The van der Waals surface area contributed by atoms with Crippen LogP contribution in [0.3, 0.4) is 0 Å². The number of nitrogens with one attached hydrogen (secondary N) is 2. The van der Waals surface area contributed by atoms with E-state index in [0.29, 0.717) is 0 Å². The summed E-state index contributed by atoms with van der Waals surface area (Å²) < 4.78 is 1.10. The zero-order valence-electron chi connectivity index (χ0n) is 11.1. The van der Waals surface area contributed by atoms with E-state index in [1.165, 1.54) is 10.8 Å². The lowest BCUT2D eigenvalue weighted by Crippen LogP contribution is -1.81. The van der Waals surface area contributed by atoms with Crippen LogP contribution in [0.1, 0.15) is 0 Å². The molecule has 0 aliphatic rings. The number of H-pyrrole nitrogens is 2. The highest BCUT2D eigenvalue weighted by atomic mass is 79.9. The fourth-order valence-corrected chi connectivity index (χ4v) is 2.85. The Balaban J connectivity index is 1.78. The third-order valence-corrected chi connectivity index (χ3v) is 4.04. The number of aromatic amines is 2. The molecule has 2 aromatic heterocycles. The zero-order valence-corrected chi connectivity index (χ0v) is 12.7. The summed E-state index contributed by atoms with van der Waals surface area (Å²) in [5.41, 5.74) is 3.14. The summed E-state index contributed by atoms with van der Waals surface area (Å²) in [5, 5.41) is 2.43. The molecule has 102 valence electrons. The molecule has 4 rings (SSSR count). The minimum atomic E-state index is 0.853. The van der Waals surface area contributed by atoms with Crippen molar-refractivity contribution in [2.75, 3.05) is 0 Å². The molecule has 4 heteroatoms. The van der Waals surface area contributed by atoms with E-state index in [1.54, 1.807) is 0 Å². The number of fused-ring (bicyclic) bond motifs is 1. The summed E-state index contributed by atoms with van der Waals surface area (Å²) in [7, 11) is 0. The highest BCUT2D eigenvalue weighted by Gasteiger charge is 2.06. The van der Waals surface area contributed by atoms with Crippen LogP contribution < -0.4 is 0 Å². The second-order valence-corrected chi connectivity index (χ2v) is 5.85. The molecule has 0 saturated heterocycles. The Bertz CT molecular complexity index is 907. The number of halogens is 1. The molecule has 0 saturated carbocycles. The van der Waals surface area contributed by atoms with Crippen molar-refractivity contribution < 1.29 is 0 Å². The van der Waals surface area contributed by atoms with Crippen LogP contribution in [0, 0.1) is 0 Å². The van der Waals surface area contributed by atoms with Crippen molar-refractivity contribution in [1.82, 2.24) is 15.0 Å². The second-order valence-electron chi connectivity index (χ2n) is 4.94. The summed E-state index contributed by atoms with van der Waals surface area (Å²) in [6.07, 6.45) is 3.77. The van der Waals surface area contributed by atoms with E-state index in [2.05, 4.69) is 67.3 Å². The quantitative estimate of drug-likeness (QED) is 0.531. The van der Waals surface area contributed by atoms with E-state index < -0.39 is 0 Å². The first-order valence-corrected chi connectivity index (χ1v) is 7.47. The lowest BCUT2D eigenvalue weighted by atomic mass is 10.1. The fourth-order valence-electron chi connectivity index (χ4n) is 2.47. The summed E-state index contributed by atoms with van der Waals surface area (Å²) >= 11 is 3.50. The topological polar surface area (TPSA) is 44.5 Å². The van der Waals surface area contributed by atoms with E-state index in [4.69, 9.17) is 0 Å². The number of hydrogen-bond acceptors (Lipinski definition) is 1. The molecule has 2 heterocycles. The van der Waals surface area contributed by atoms with Crippen LogP contribution in [0.4, 0.5) is 0 Å². The van der Waals surface area contributed by atoms with Crippen molar-refractivity contribution in [1.29, 1.82) is 0 Å². The highest BCUT2D eigenvalue weighted by molar-refractivity contribution is 9.10. The van der Waals surface area contributed by atoms with Gasteiger partial charge in [-0.25, -0.2) is 4.98 Å². The molecule has 2 aromatic carbocycles. The van der Waals surface area contributed by atoms with E-state index in [1.807, 2.05) is 24.5 Å². The van der Waals surface area contributed by atoms with Crippen molar-refractivity contribution in [3.63, 3.8) is 0 Å². The lowest BCUT2D eigenvalue weighted by molar-refractivity contribution is 1.26. The Morgan fingerprint density at radius 3 is 2.62 bits per heavy atom. The third kappa shape index (κ3) is 2.28. The summed E-state index contributed by atoms with van der Waals surface area (Å²) in [5.74, 6) is 0.853. The first-order valence-electron chi connectivity index (χ1n) is 6.68. The molecule has 0 spiro atoms. The number of imidazole rings is 1. The van der Waals surface area contributed by atoms with E-state index in [0.717, 1.165) is 27.2 Å². The third-order valence-electron chi connectivity index (χ3n) is 3.54. The van der Waals surface area contributed by atoms with Crippen LogP contribution in [0.15, 0.2) is 65.4 Å². The van der Waals surface area contributed by atoms with Gasteiger partial charge < -0.3 is 9.97 Å². The minimum Gasteiger partial charge on any atom is -0.359 e. The Morgan fingerprint density at radius 1 is 0.905 bits per heavy atom. The number of rotatable bonds is 2. The van der Waals surface area contributed by atoms with Gasteiger partial charge in [0.15, 0.2) is 5.82 Å². The van der Waals surface area contributed by atoms with Gasteiger partial charge in [-0.05, 0) is 41.1 Å². The molecule has 3 nitrogen and oxygen atoms in total. The second kappa shape index (κ2) is 4.90. The summed E-state index contributed by atoms with van der Waals surface area (Å²) in [6.45, 7) is 0. The van der Waals surface area contributed by atoms with Crippen molar-refractivity contribution in [2.45, 2.75) is 0 Å². The molecule has 0 unspecified atom stereocenters. The number of aromatic nitrogens is 3. The maximum atomic E-state index is 4.43. The fraction of sp³-hybridized carbons (Fsp3) is 0. The molecule has 0 amide bonds. The molecule has 4 aromatic rings. The van der Waals surface area contributed by atoms with Crippen molar-refractivity contribution >= 4 is 26.7 Å². The first-order chi connectivity index (χ1) is 10.3. The van der Waals surface area contributed by atoms with Crippen LogP contribution in [0.5, 0.6) is 0 Å². The molecule has 21 heavy (non-hydrogen) atoms.